The van der Waals surface area contributed by atoms with E-state index in [-0.39, 0.29) is 5.91 Å². The van der Waals surface area contributed by atoms with E-state index in [0.29, 0.717) is 6.42 Å². The van der Waals surface area contributed by atoms with Gasteiger partial charge in [-0.15, -0.1) is 0 Å². The van der Waals surface area contributed by atoms with Crippen LogP contribution in [0.1, 0.15) is 31.9 Å². The standard InChI is InChI=1S/C13H20N2O/c1-3-4-11-15(2)13(16)9-8-12-7-5-6-10-14-12/h5-7,10H,3-4,8-9,11H2,1-2H3. The number of rotatable bonds is 6. The summed E-state index contributed by atoms with van der Waals surface area (Å²) in [7, 11) is 1.87. The molecule has 1 heterocycles. The average molecular weight is 220 g/mol. The van der Waals surface area contributed by atoms with Crippen molar-refractivity contribution in [2.24, 2.45) is 0 Å². The van der Waals surface area contributed by atoms with Gasteiger partial charge in [0.1, 0.15) is 0 Å². The molecule has 1 aromatic rings. The van der Waals surface area contributed by atoms with Gasteiger partial charge >= 0.3 is 0 Å². The molecule has 1 rings (SSSR count). The summed E-state index contributed by atoms with van der Waals surface area (Å²) in [6.45, 7) is 2.99. The van der Waals surface area contributed by atoms with E-state index < -0.39 is 0 Å². The van der Waals surface area contributed by atoms with Crippen molar-refractivity contribution >= 4 is 5.91 Å². The Morgan fingerprint density at radius 3 is 2.88 bits per heavy atom. The molecule has 0 saturated heterocycles. The summed E-state index contributed by atoms with van der Waals surface area (Å²) in [5.41, 5.74) is 0.986. The Hall–Kier alpha value is -1.38. The highest BCUT2D eigenvalue weighted by molar-refractivity contribution is 5.76. The molecule has 88 valence electrons. The van der Waals surface area contributed by atoms with Gasteiger partial charge in [0.15, 0.2) is 0 Å². The molecule has 0 N–H and O–H groups in total. The van der Waals surface area contributed by atoms with Crippen LogP contribution in [0.2, 0.25) is 0 Å². The van der Waals surface area contributed by atoms with E-state index in [1.807, 2.05) is 30.1 Å². The first-order valence-corrected chi connectivity index (χ1v) is 5.88. The van der Waals surface area contributed by atoms with Crippen molar-refractivity contribution in [2.75, 3.05) is 13.6 Å². The third kappa shape index (κ3) is 4.43. The summed E-state index contributed by atoms with van der Waals surface area (Å²) in [5, 5.41) is 0. The number of nitrogens with zero attached hydrogens (tertiary/aromatic N) is 2. The van der Waals surface area contributed by atoms with E-state index in [0.717, 1.165) is 31.5 Å². The summed E-state index contributed by atoms with van der Waals surface area (Å²) < 4.78 is 0. The van der Waals surface area contributed by atoms with Crippen LogP contribution >= 0.6 is 0 Å². The molecular formula is C13H20N2O. The Morgan fingerprint density at radius 1 is 1.44 bits per heavy atom. The van der Waals surface area contributed by atoms with Crippen LogP contribution in [0.15, 0.2) is 24.4 Å². The third-order valence-corrected chi connectivity index (χ3v) is 2.59. The molecule has 0 bridgehead atoms. The van der Waals surface area contributed by atoms with Crippen LogP contribution in [0.4, 0.5) is 0 Å². The van der Waals surface area contributed by atoms with Crippen molar-refractivity contribution in [3.05, 3.63) is 30.1 Å². The lowest BCUT2D eigenvalue weighted by Gasteiger charge is -2.16. The number of hydrogen-bond donors (Lipinski definition) is 0. The summed E-state index contributed by atoms with van der Waals surface area (Å²) in [6, 6.07) is 5.80. The molecule has 0 spiro atoms. The maximum absolute atomic E-state index is 11.7. The summed E-state index contributed by atoms with van der Waals surface area (Å²) in [4.78, 5) is 17.7. The van der Waals surface area contributed by atoms with Gasteiger partial charge in [-0.05, 0) is 25.0 Å². The fourth-order valence-electron chi connectivity index (χ4n) is 1.49. The van der Waals surface area contributed by atoms with E-state index in [4.69, 9.17) is 0 Å². The number of unbranched alkanes of at least 4 members (excludes halogenated alkanes) is 1. The zero-order chi connectivity index (χ0) is 11.8. The van der Waals surface area contributed by atoms with Crippen molar-refractivity contribution in [3.8, 4) is 0 Å². The van der Waals surface area contributed by atoms with Crippen molar-refractivity contribution in [1.29, 1.82) is 0 Å². The first-order valence-electron chi connectivity index (χ1n) is 5.88. The van der Waals surface area contributed by atoms with Crippen LogP contribution in [0, 0.1) is 0 Å². The molecule has 0 atom stereocenters. The minimum Gasteiger partial charge on any atom is -0.346 e. The van der Waals surface area contributed by atoms with Crippen LogP contribution in [0.5, 0.6) is 0 Å². The Balaban J connectivity index is 2.29. The fraction of sp³-hybridized carbons (Fsp3) is 0.538. The second-order valence-corrected chi connectivity index (χ2v) is 3.99. The van der Waals surface area contributed by atoms with Crippen LogP contribution < -0.4 is 0 Å². The highest BCUT2D eigenvalue weighted by atomic mass is 16.2. The maximum atomic E-state index is 11.7. The van der Waals surface area contributed by atoms with Gasteiger partial charge in [-0.3, -0.25) is 9.78 Å². The summed E-state index contributed by atoms with van der Waals surface area (Å²) in [6.07, 6.45) is 5.25. The lowest BCUT2D eigenvalue weighted by Crippen LogP contribution is -2.27. The van der Waals surface area contributed by atoms with Gasteiger partial charge in [0.05, 0.1) is 0 Å². The van der Waals surface area contributed by atoms with Crippen molar-refractivity contribution in [3.63, 3.8) is 0 Å². The molecule has 0 radical (unpaired) electrons. The Kier molecular flexibility index (Phi) is 5.54. The molecule has 0 aliphatic rings. The van der Waals surface area contributed by atoms with Crippen molar-refractivity contribution in [1.82, 2.24) is 9.88 Å². The predicted molar refractivity (Wildman–Crippen MR) is 65.1 cm³/mol. The lowest BCUT2D eigenvalue weighted by atomic mass is 10.2. The number of carbonyl (C=O) groups excluding carboxylic acids is 1. The molecule has 0 aliphatic heterocycles. The highest BCUT2D eigenvalue weighted by Crippen LogP contribution is 2.02. The second kappa shape index (κ2) is 6.99. The predicted octanol–water partition coefficient (Wildman–Crippen LogP) is 2.27. The molecular weight excluding hydrogens is 200 g/mol. The van der Waals surface area contributed by atoms with Crippen LogP contribution in [-0.2, 0) is 11.2 Å². The average Bonchev–Trinajstić information content (AvgIpc) is 2.34. The maximum Gasteiger partial charge on any atom is 0.222 e. The quantitative estimate of drug-likeness (QED) is 0.737. The van der Waals surface area contributed by atoms with E-state index in [1.54, 1.807) is 6.20 Å². The molecule has 0 fully saturated rings. The van der Waals surface area contributed by atoms with Gasteiger partial charge in [0.25, 0.3) is 0 Å². The molecule has 1 amide bonds. The van der Waals surface area contributed by atoms with E-state index in [9.17, 15) is 4.79 Å². The number of hydrogen-bond acceptors (Lipinski definition) is 2. The van der Waals surface area contributed by atoms with Gasteiger partial charge in [-0.25, -0.2) is 0 Å². The Bertz CT molecular complexity index is 311. The van der Waals surface area contributed by atoms with Gasteiger partial charge < -0.3 is 4.90 Å². The SMILES string of the molecule is CCCCN(C)C(=O)CCc1ccccn1. The molecule has 0 saturated carbocycles. The van der Waals surface area contributed by atoms with Crippen LogP contribution in [-0.4, -0.2) is 29.4 Å². The van der Waals surface area contributed by atoms with E-state index in [2.05, 4.69) is 11.9 Å². The van der Waals surface area contributed by atoms with Gasteiger partial charge in [-0.2, -0.15) is 0 Å². The van der Waals surface area contributed by atoms with Crippen LogP contribution in [0.25, 0.3) is 0 Å². The summed E-state index contributed by atoms with van der Waals surface area (Å²) in [5.74, 6) is 0.208. The van der Waals surface area contributed by atoms with Gasteiger partial charge in [-0.1, -0.05) is 19.4 Å². The first kappa shape index (κ1) is 12.7. The second-order valence-electron chi connectivity index (χ2n) is 3.99. The fourth-order valence-corrected chi connectivity index (χ4v) is 1.49. The molecule has 3 heteroatoms. The Labute approximate surface area is 97.5 Å². The molecule has 1 aromatic heterocycles. The smallest absolute Gasteiger partial charge is 0.222 e. The van der Waals surface area contributed by atoms with Gasteiger partial charge in [0.2, 0.25) is 5.91 Å². The third-order valence-electron chi connectivity index (χ3n) is 2.59. The molecule has 0 unspecified atom stereocenters. The van der Waals surface area contributed by atoms with E-state index >= 15 is 0 Å². The lowest BCUT2D eigenvalue weighted by molar-refractivity contribution is -0.129. The minimum atomic E-state index is 0.208. The zero-order valence-corrected chi connectivity index (χ0v) is 10.1. The number of amides is 1. The monoisotopic (exact) mass is 220 g/mol. The number of aromatic nitrogens is 1. The molecule has 0 aliphatic carbocycles. The molecule has 16 heavy (non-hydrogen) atoms. The Morgan fingerprint density at radius 2 is 2.25 bits per heavy atom. The highest BCUT2D eigenvalue weighted by Gasteiger charge is 2.07. The normalized spacial score (nSPS) is 10.1. The summed E-state index contributed by atoms with van der Waals surface area (Å²) >= 11 is 0. The number of carbonyl (C=O) groups is 1. The molecule has 0 aromatic carbocycles. The number of pyridine rings is 1. The van der Waals surface area contributed by atoms with Crippen LogP contribution in [0.3, 0.4) is 0 Å². The van der Waals surface area contributed by atoms with E-state index in [1.165, 1.54) is 0 Å². The van der Waals surface area contributed by atoms with Gasteiger partial charge in [0, 0.05) is 31.9 Å². The molecule has 3 nitrogen and oxygen atoms in total. The largest absolute Gasteiger partial charge is 0.346 e. The number of aryl methyl sites for hydroxylation is 1. The topological polar surface area (TPSA) is 33.2 Å². The minimum absolute atomic E-state index is 0.208. The zero-order valence-electron chi connectivity index (χ0n) is 10.1. The van der Waals surface area contributed by atoms with Crippen molar-refractivity contribution < 1.29 is 4.79 Å². The van der Waals surface area contributed by atoms with Crippen molar-refractivity contribution in [2.45, 2.75) is 32.6 Å². The first-order chi connectivity index (χ1) is 7.74.